The van der Waals surface area contributed by atoms with Crippen molar-refractivity contribution >= 4 is 29.2 Å². The lowest BCUT2D eigenvalue weighted by atomic mass is 9.94. The number of ether oxygens (including phenoxy) is 4. The number of carbonyl (C=O) groups excluding carboxylic acids is 2. The number of hydrogen-bond donors (Lipinski definition) is 0. The molecule has 0 bridgehead atoms. The Bertz CT molecular complexity index is 1470. The Morgan fingerprint density at radius 1 is 1.00 bits per heavy atom. The number of para-hydroxylation sites is 1. The fourth-order valence-corrected chi connectivity index (χ4v) is 6.03. The quantitative estimate of drug-likeness (QED) is 0.123. The Morgan fingerprint density at radius 2 is 1.74 bits per heavy atom. The number of methoxy groups -OCH3 is 1. The second-order valence-electron chi connectivity index (χ2n) is 13.2. The molecule has 0 aromatic heterocycles. The number of aryl methyl sites for hydroxylation is 1. The molecule has 47 heavy (non-hydrogen) atoms. The van der Waals surface area contributed by atoms with Gasteiger partial charge in [0.05, 0.1) is 26.7 Å². The lowest BCUT2D eigenvalue weighted by Crippen LogP contribution is -2.44. The van der Waals surface area contributed by atoms with Gasteiger partial charge in [0.2, 0.25) is 0 Å². The molecule has 0 saturated carbocycles. The highest BCUT2D eigenvalue weighted by atomic mass is 35.5. The summed E-state index contributed by atoms with van der Waals surface area (Å²) in [5, 5.41) is 0.503. The Hall–Kier alpha value is -3.59. The second-order valence-corrected chi connectivity index (χ2v) is 13.6. The number of fused-ring (bicyclic) bond motifs is 1. The van der Waals surface area contributed by atoms with Crippen molar-refractivity contribution < 1.29 is 28.5 Å². The van der Waals surface area contributed by atoms with Crippen molar-refractivity contribution in [2.45, 2.75) is 65.6 Å². The molecule has 3 aromatic rings. The van der Waals surface area contributed by atoms with Crippen molar-refractivity contribution in [2.24, 2.45) is 5.41 Å². The van der Waals surface area contributed by atoms with Crippen molar-refractivity contribution in [2.75, 3.05) is 51.9 Å². The van der Waals surface area contributed by atoms with Crippen molar-refractivity contribution in [1.29, 1.82) is 0 Å². The van der Waals surface area contributed by atoms with E-state index in [9.17, 15) is 9.59 Å². The summed E-state index contributed by atoms with van der Waals surface area (Å²) in [5.41, 5.74) is 3.17. The summed E-state index contributed by atoms with van der Waals surface area (Å²) in [5.74, 6) is 0.274. The molecule has 254 valence electrons. The number of nitrogens with zero attached hydrogens (tertiary/aromatic N) is 2. The van der Waals surface area contributed by atoms with Gasteiger partial charge in [-0.3, -0.25) is 9.59 Å². The molecule has 0 radical (unpaired) electrons. The van der Waals surface area contributed by atoms with Gasteiger partial charge in [-0.05, 0) is 75.0 Å². The molecule has 1 aliphatic rings. The normalized spacial score (nSPS) is 16.5. The molecule has 0 fully saturated rings. The molecule has 8 nitrogen and oxygen atoms in total. The molecule has 1 aliphatic heterocycles. The summed E-state index contributed by atoms with van der Waals surface area (Å²) in [7, 11) is 3.73. The molecule has 2 atom stereocenters. The maximum absolute atomic E-state index is 14.1. The number of anilines is 1. The monoisotopic (exact) mass is 664 g/mol. The minimum absolute atomic E-state index is 0.210. The third-order valence-corrected chi connectivity index (χ3v) is 8.22. The Labute approximate surface area is 284 Å². The molecule has 0 saturated heterocycles. The predicted octanol–water partition coefficient (Wildman–Crippen LogP) is 7.50. The molecule has 0 aliphatic carbocycles. The second kappa shape index (κ2) is 17.0. The molecule has 3 aromatic carbocycles. The van der Waals surface area contributed by atoms with Crippen LogP contribution in [0.3, 0.4) is 0 Å². The fraction of sp³-hybridized carbons (Fsp3) is 0.474. The van der Waals surface area contributed by atoms with Gasteiger partial charge in [0, 0.05) is 34.9 Å². The first-order valence-corrected chi connectivity index (χ1v) is 16.8. The summed E-state index contributed by atoms with van der Waals surface area (Å²) < 4.78 is 24.0. The van der Waals surface area contributed by atoms with E-state index in [0.29, 0.717) is 46.5 Å². The van der Waals surface area contributed by atoms with Crippen molar-refractivity contribution in [3.05, 3.63) is 88.4 Å². The van der Waals surface area contributed by atoms with Crippen molar-refractivity contribution in [3.8, 4) is 11.5 Å². The zero-order chi connectivity index (χ0) is 34.0. The molecule has 0 N–H and O–H groups in total. The molecule has 0 unspecified atom stereocenters. The van der Waals surface area contributed by atoms with E-state index in [1.807, 2.05) is 36.4 Å². The van der Waals surface area contributed by atoms with Gasteiger partial charge in [0.1, 0.15) is 12.2 Å². The third-order valence-electron chi connectivity index (χ3n) is 7.98. The topological polar surface area (TPSA) is 77.5 Å². The zero-order valence-electron chi connectivity index (χ0n) is 28.6. The van der Waals surface area contributed by atoms with E-state index in [0.717, 1.165) is 32.4 Å². The number of hydrogen-bond acceptors (Lipinski definition) is 7. The Kier molecular flexibility index (Phi) is 13.1. The van der Waals surface area contributed by atoms with E-state index < -0.39 is 18.2 Å². The number of carbonyl (C=O) groups is 2. The number of benzene rings is 3. The molecule has 4 rings (SSSR count). The highest BCUT2D eigenvalue weighted by Gasteiger charge is 2.40. The first kappa shape index (κ1) is 36.2. The lowest BCUT2D eigenvalue weighted by molar-refractivity contribution is -0.151. The van der Waals surface area contributed by atoms with Crippen LogP contribution < -0.4 is 14.4 Å². The van der Waals surface area contributed by atoms with Crippen LogP contribution in [0.5, 0.6) is 11.5 Å². The summed E-state index contributed by atoms with van der Waals surface area (Å²) >= 11 is 6.55. The summed E-state index contributed by atoms with van der Waals surface area (Å²) in [6.07, 6.45) is 0.917. The van der Waals surface area contributed by atoms with Gasteiger partial charge in [-0.2, -0.15) is 0 Å². The van der Waals surface area contributed by atoms with Gasteiger partial charge >= 0.3 is 5.97 Å². The summed E-state index contributed by atoms with van der Waals surface area (Å²) in [6.45, 7) is 10.9. The van der Waals surface area contributed by atoms with Crippen LogP contribution in [0.1, 0.15) is 69.8 Å². The highest BCUT2D eigenvalue weighted by molar-refractivity contribution is 6.30. The molecule has 1 amide bonds. The van der Waals surface area contributed by atoms with Crippen molar-refractivity contribution in [3.63, 3.8) is 0 Å². The number of amides is 1. The van der Waals surface area contributed by atoms with Gasteiger partial charge in [-0.1, -0.05) is 74.8 Å². The first-order valence-electron chi connectivity index (χ1n) is 16.4. The standard InChI is InChI=1S/C38H49ClN2O6/c1-7-45-34(42)25-33-37(43)41(26-38(2,3)4)31-20-19-28(39)24-30(31)35(47-33)29-17-11-18-32(36(29)44-6)46-23-13-22-40(5)21-12-16-27-14-9-8-10-15-27/h8-11,14-15,17-20,24,33,35H,7,12-13,16,21-23,25-26H2,1-6H3/t33-,35-/m1/s1. The zero-order valence-corrected chi connectivity index (χ0v) is 29.3. The average molecular weight is 665 g/mol. The number of halogens is 1. The Balaban J connectivity index is 1.56. The van der Waals surface area contributed by atoms with E-state index in [1.54, 1.807) is 25.0 Å². The van der Waals surface area contributed by atoms with Crippen molar-refractivity contribution in [1.82, 2.24) is 4.90 Å². The van der Waals surface area contributed by atoms with Gasteiger partial charge in [-0.25, -0.2) is 0 Å². The van der Waals surface area contributed by atoms with Crippen LogP contribution in [-0.4, -0.2) is 69.9 Å². The van der Waals surface area contributed by atoms with E-state index >= 15 is 0 Å². The molecule has 0 spiro atoms. The van der Waals surface area contributed by atoms with Crippen LogP contribution >= 0.6 is 11.6 Å². The molecule has 1 heterocycles. The van der Waals surface area contributed by atoms with E-state index in [1.165, 1.54) is 5.56 Å². The Morgan fingerprint density at radius 3 is 2.45 bits per heavy atom. The van der Waals surface area contributed by atoms with Gasteiger partial charge in [0.25, 0.3) is 5.91 Å². The van der Waals surface area contributed by atoms with Crippen LogP contribution in [0, 0.1) is 5.41 Å². The molecular weight excluding hydrogens is 616 g/mol. The third kappa shape index (κ3) is 10.2. The van der Waals surface area contributed by atoms with Crippen LogP contribution in [0.2, 0.25) is 5.02 Å². The largest absolute Gasteiger partial charge is 0.492 e. The van der Waals surface area contributed by atoms with E-state index in [4.69, 9.17) is 30.5 Å². The fourth-order valence-electron chi connectivity index (χ4n) is 5.85. The lowest BCUT2D eigenvalue weighted by Gasteiger charge is -2.31. The minimum Gasteiger partial charge on any atom is -0.492 e. The predicted molar refractivity (Wildman–Crippen MR) is 187 cm³/mol. The van der Waals surface area contributed by atoms with Crippen LogP contribution in [0.4, 0.5) is 5.69 Å². The average Bonchev–Trinajstić information content (AvgIpc) is 3.13. The molecular formula is C38H49ClN2O6. The van der Waals surface area contributed by atoms with Gasteiger partial charge < -0.3 is 28.7 Å². The minimum atomic E-state index is -1.08. The maximum Gasteiger partial charge on any atom is 0.308 e. The molecule has 9 heteroatoms. The first-order chi connectivity index (χ1) is 22.5. The van der Waals surface area contributed by atoms with Crippen LogP contribution in [0.25, 0.3) is 0 Å². The van der Waals surface area contributed by atoms with E-state index in [-0.39, 0.29) is 24.3 Å². The van der Waals surface area contributed by atoms with Gasteiger partial charge in [-0.15, -0.1) is 0 Å². The summed E-state index contributed by atoms with van der Waals surface area (Å²) in [4.78, 5) is 30.8. The van der Waals surface area contributed by atoms with Gasteiger partial charge in [0.15, 0.2) is 11.5 Å². The maximum atomic E-state index is 14.1. The van der Waals surface area contributed by atoms with Crippen LogP contribution in [0.15, 0.2) is 66.7 Å². The summed E-state index contributed by atoms with van der Waals surface area (Å²) in [6, 6.07) is 21.6. The van der Waals surface area contributed by atoms with E-state index in [2.05, 4.69) is 57.0 Å². The highest BCUT2D eigenvalue weighted by Crippen LogP contribution is 2.45. The smallest absolute Gasteiger partial charge is 0.308 e. The van der Waals surface area contributed by atoms with Crippen LogP contribution in [-0.2, 0) is 25.5 Å². The number of rotatable bonds is 15. The number of esters is 1. The SMILES string of the molecule is CCOC(=O)C[C@H]1O[C@H](c2cccc(OCCCN(C)CCCc3ccccc3)c2OC)c2cc(Cl)ccc2N(CC(C)(C)C)C1=O.